The topological polar surface area (TPSA) is 115 Å². The molecule has 4 rings (SSSR count). The highest BCUT2D eigenvalue weighted by Crippen LogP contribution is 2.32. The molecule has 142 valence electrons. The Morgan fingerprint density at radius 3 is 2.74 bits per heavy atom. The van der Waals surface area contributed by atoms with E-state index in [9.17, 15) is 14.4 Å². The van der Waals surface area contributed by atoms with E-state index in [1.165, 1.54) is 0 Å². The lowest BCUT2D eigenvalue weighted by atomic mass is 10.2. The van der Waals surface area contributed by atoms with E-state index in [2.05, 4.69) is 10.4 Å². The Morgan fingerprint density at radius 2 is 1.93 bits per heavy atom. The van der Waals surface area contributed by atoms with Crippen LogP contribution in [0.1, 0.15) is 15.9 Å². The summed E-state index contributed by atoms with van der Waals surface area (Å²) in [6, 6.07) is 5.15. The molecule has 0 atom stereocenters. The molecule has 2 N–H and O–H groups in total. The lowest BCUT2D eigenvalue weighted by molar-refractivity contribution is 0.0125. The van der Waals surface area contributed by atoms with Gasteiger partial charge in [0.05, 0.1) is 19.8 Å². The second kappa shape index (κ2) is 7.25. The lowest BCUT2D eigenvalue weighted by Gasteiger charge is -2.26. The number of benzene rings is 1. The van der Waals surface area contributed by atoms with Crippen molar-refractivity contribution in [2.75, 3.05) is 33.1 Å². The summed E-state index contributed by atoms with van der Waals surface area (Å²) in [7, 11) is 0. The van der Waals surface area contributed by atoms with Gasteiger partial charge in [-0.25, -0.2) is 9.80 Å². The SMILES string of the molecule is O=C(NN1CCOCC1)c1c[nH]c(=O)n(Cc2ccc3c(c2)OCO3)c1=O. The van der Waals surface area contributed by atoms with Gasteiger partial charge in [-0.05, 0) is 17.7 Å². The molecule has 1 aromatic carbocycles. The minimum atomic E-state index is -0.665. The number of rotatable bonds is 4. The second-order valence-electron chi connectivity index (χ2n) is 6.13. The van der Waals surface area contributed by atoms with Crippen LogP contribution < -0.4 is 26.1 Å². The number of fused-ring (bicyclic) bond motifs is 1. The van der Waals surface area contributed by atoms with Crippen molar-refractivity contribution in [3.63, 3.8) is 0 Å². The normalized spacial score (nSPS) is 16.3. The Labute approximate surface area is 153 Å². The molecule has 1 saturated heterocycles. The minimum absolute atomic E-state index is 0.00345. The molecule has 3 heterocycles. The second-order valence-corrected chi connectivity index (χ2v) is 6.13. The number of aromatic nitrogens is 2. The fraction of sp³-hybridized carbons (Fsp3) is 0.353. The lowest BCUT2D eigenvalue weighted by Crippen LogP contribution is -2.50. The predicted molar refractivity (Wildman–Crippen MR) is 92.8 cm³/mol. The fourth-order valence-electron chi connectivity index (χ4n) is 2.92. The number of ether oxygens (including phenoxy) is 3. The molecule has 0 saturated carbocycles. The summed E-state index contributed by atoms with van der Waals surface area (Å²) in [4.78, 5) is 39.7. The fourth-order valence-corrected chi connectivity index (χ4v) is 2.92. The van der Waals surface area contributed by atoms with Crippen molar-refractivity contribution in [1.29, 1.82) is 0 Å². The van der Waals surface area contributed by atoms with Crippen LogP contribution in [0.2, 0.25) is 0 Å². The number of morpholine rings is 1. The Kier molecular flexibility index (Phi) is 4.65. The van der Waals surface area contributed by atoms with Crippen LogP contribution in [-0.2, 0) is 11.3 Å². The van der Waals surface area contributed by atoms with Gasteiger partial charge in [-0.1, -0.05) is 6.07 Å². The van der Waals surface area contributed by atoms with Crippen molar-refractivity contribution in [2.24, 2.45) is 0 Å². The van der Waals surface area contributed by atoms with E-state index < -0.39 is 17.2 Å². The molecule has 2 aliphatic heterocycles. The van der Waals surface area contributed by atoms with Crippen LogP contribution in [0.15, 0.2) is 34.0 Å². The van der Waals surface area contributed by atoms with Gasteiger partial charge >= 0.3 is 5.69 Å². The highest BCUT2D eigenvalue weighted by molar-refractivity contribution is 5.93. The van der Waals surface area contributed by atoms with Crippen LogP contribution in [0.3, 0.4) is 0 Å². The van der Waals surface area contributed by atoms with Gasteiger partial charge in [0.15, 0.2) is 11.5 Å². The summed E-state index contributed by atoms with van der Waals surface area (Å²) < 4.78 is 16.8. The number of H-pyrrole nitrogens is 1. The highest BCUT2D eigenvalue weighted by atomic mass is 16.7. The summed E-state index contributed by atoms with van der Waals surface area (Å²) in [5.41, 5.74) is 1.94. The number of aromatic amines is 1. The minimum Gasteiger partial charge on any atom is -0.454 e. The quantitative estimate of drug-likeness (QED) is 0.727. The Balaban J connectivity index is 1.58. The third-order valence-corrected chi connectivity index (χ3v) is 4.35. The van der Waals surface area contributed by atoms with Gasteiger partial charge in [-0.2, -0.15) is 0 Å². The molecule has 1 amide bonds. The third kappa shape index (κ3) is 3.57. The van der Waals surface area contributed by atoms with E-state index >= 15 is 0 Å². The van der Waals surface area contributed by atoms with E-state index in [-0.39, 0.29) is 18.9 Å². The molecule has 0 unspecified atom stereocenters. The average Bonchev–Trinajstić information content (AvgIpc) is 3.13. The smallest absolute Gasteiger partial charge is 0.328 e. The summed E-state index contributed by atoms with van der Waals surface area (Å²) >= 11 is 0. The first-order valence-electron chi connectivity index (χ1n) is 8.46. The van der Waals surface area contributed by atoms with Gasteiger partial charge in [0, 0.05) is 19.3 Å². The van der Waals surface area contributed by atoms with E-state index in [0.717, 1.165) is 10.8 Å². The number of carbonyl (C=O) groups is 1. The van der Waals surface area contributed by atoms with Crippen LogP contribution in [0.4, 0.5) is 0 Å². The summed E-state index contributed by atoms with van der Waals surface area (Å²) in [5.74, 6) is 0.592. The van der Waals surface area contributed by atoms with Gasteiger partial charge in [0.1, 0.15) is 5.56 Å². The largest absolute Gasteiger partial charge is 0.454 e. The number of nitrogens with one attached hydrogen (secondary N) is 2. The zero-order valence-electron chi connectivity index (χ0n) is 14.4. The first-order chi connectivity index (χ1) is 13.1. The zero-order chi connectivity index (χ0) is 18.8. The van der Waals surface area contributed by atoms with Crippen molar-refractivity contribution in [1.82, 2.24) is 20.0 Å². The summed E-state index contributed by atoms with van der Waals surface area (Å²) in [6.07, 6.45) is 1.14. The maximum atomic E-state index is 12.7. The number of hydrogen-bond acceptors (Lipinski definition) is 7. The average molecular weight is 374 g/mol. The van der Waals surface area contributed by atoms with Crippen LogP contribution in [0.5, 0.6) is 11.5 Å². The number of carbonyl (C=O) groups excluding carboxylic acids is 1. The van der Waals surface area contributed by atoms with Crippen molar-refractivity contribution in [2.45, 2.75) is 6.54 Å². The molecule has 10 nitrogen and oxygen atoms in total. The summed E-state index contributed by atoms with van der Waals surface area (Å²) in [6.45, 7) is 2.20. The number of nitrogens with zero attached hydrogens (tertiary/aromatic N) is 2. The molecule has 0 bridgehead atoms. The summed E-state index contributed by atoms with van der Waals surface area (Å²) in [5, 5.41) is 1.68. The van der Waals surface area contributed by atoms with Crippen LogP contribution in [0, 0.1) is 0 Å². The molecule has 1 fully saturated rings. The molecule has 0 radical (unpaired) electrons. The Morgan fingerprint density at radius 1 is 1.15 bits per heavy atom. The van der Waals surface area contributed by atoms with E-state index in [0.29, 0.717) is 43.4 Å². The van der Waals surface area contributed by atoms with Gasteiger partial charge in [0.2, 0.25) is 6.79 Å². The maximum Gasteiger partial charge on any atom is 0.328 e. The van der Waals surface area contributed by atoms with Crippen molar-refractivity contribution in [3.8, 4) is 11.5 Å². The van der Waals surface area contributed by atoms with Gasteiger partial charge in [0.25, 0.3) is 11.5 Å². The zero-order valence-corrected chi connectivity index (χ0v) is 14.4. The van der Waals surface area contributed by atoms with Crippen LogP contribution in [0.25, 0.3) is 0 Å². The van der Waals surface area contributed by atoms with Crippen LogP contribution in [-0.4, -0.2) is 53.6 Å². The molecule has 2 aromatic rings. The maximum absolute atomic E-state index is 12.7. The van der Waals surface area contributed by atoms with Crippen LogP contribution >= 0.6 is 0 Å². The monoisotopic (exact) mass is 374 g/mol. The van der Waals surface area contributed by atoms with Gasteiger partial charge < -0.3 is 19.2 Å². The van der Waals surface area contributed by atoms with Crippen molar-refractivity contribution in [3.05, 3.63) is 56.4 Å². The van der Waals surface area contributed by atoms with Gasteiger partial charge in [-0.3, -0.25) is 19.6 Å². The molecule has 27 heavy (non-hydrogen) atoms. The van der Waals surface area contributed by atoms with E-state index in [1.807, 2.05) is 0 Å². The van der Waals surface area contributed by atoms with Crippen molar-refractivity contribution < 1.29 is 19.0 Å². The van der Waals surface area contributed by atoms with Crippen molar-refractivity contribution >= 4 is 5.91 Å². The first kappa shape index (κ1) is 17.3. The third-order valence-electron chi connectivity index (χ3n) is 4.35. The standard InChI is InChI=1S/C17H18N4O6/c22-15(19-20-3-5-25-6-4-20)12-8-18-17(24)21(16(12)23)9-11-1-2-13-14(7-11)27-10-26-13/h1-2,7-8H,3-6,9-10H2,(H,18,24)(H,19,22). The van der Waals surface area contributed by atoms with E-state index in [1.54, 1.807) is 23.2 Å². The number of hydrazine groups is 1. The predicted octanol–water partition coefficient (Wildman–Crippen LogP) is -0.709. The molecule has 2 aliphatic rings. The Hall–Kier alpha value is -3.11. The Bertz CT molecular complexity index is 976. The molecular formula is C17H18N4O6. The molecule has 10 heteroatoms. The number of hydrogen-bond donors (Lipinski definition) is 2. The molecule has 0 aliphatic carbocycles. The molecule has 1 aromatic heterocycles. The first-order valence-corrected chi connectivity index (χ1v) is 8.46. The van der Waals surface area contributed by atoms with E-state index in [4.69, 9.17) is 14.2 Å². The number of amides is 1. The molecule has 0 spiro atoms. The van der Waals surface area contributed by atoms with Gasteiger partial charge in [-0.15, -0.1) is 0 Å². The molecular weight excluding hydrogens is 356 g/mol. The highest BCUT2D eigenvalue weighted by Gasteiger charge is 2.20.